The molecule has 8 heteroatoms. The number of hydrogen-bond donors (Lipinski definition) is 3. The Hall–Kier alpha value is -2.77. The van der Waals surface area contributed by atoms with Crippen LogP contribution >= 0.6 is 0 Å². The zero-order valence-corrected chi connectivity index (χ0v) is 11.0. The molecule has 0 radical (unpaired) electrons. The lowest BCUT2D eigenvalue weighted by atomic mass is 10.2. The van der Waals surface area contributed by atoms with E-state index in [1.165, 1.54) is 20.2 Å². The van der Waals surface area contributed by atoms with Crippen LogP contribution in [0, 0.1) is 0 Å². The molecule has 2 amide bonds. The number of carboxylic acid groups (broad SMARTS) is 1. The molecule has 4 N–H and O–H groups in total. The average Bonchev–Trinajstić information content (AvgIpc) is 2.39. The van der Waals surface area contributed by atoms with Crippen molar-refractivity contribution in [1.82, 2.24) is 5.43 Å². The summed E-state index contributed by atoms with van der Waals surface area (Å²) in [6.45, 7) is 1.41. The number of hydrogen-bond acceptors (Lipinski definition) is 5. The van der Waals surface area contributed by atoms with E-state index < -0.39 is 18.1 Å². The molecule has 0 aliphatic carbocycles. The number of aliphatic carboxylic acids is 1. The van der Waals surface area contributed by atoms with Gasteiger partial charge in [0.1, 0.15) is 0 Å². The van der Waals surface area contributed by atoms with Gasteiger partial charge >= 0.3 is 12.0 Å². The molecule has 0 saturated carbocycles. The SMILES string of the molecule is COc1cc(/C=N\NC(N)=O)ccc1O[C@@H](C)C(=O)O. The molecule has 1 rings (SSSR count). The maximum atomic E-state index is 10.7. The van der Waals surface area contributed by atoms with Gasteiger partial charge in [0, 0.05) is 0 Å². The molecule has 0 bridgehead atoms. The van der Waals surface area contributed by atoms with Crippen molar-refractivity contribution < 1.29 is 24.2 Å². The number of nitrogens with two attached hydrogens (primary N) is 1. The van der Waals surface area contributed by atoms with E-state index in [1.807, 2.05) is 0 Å². The summed E-state index contributed by atoms with van der Waals surface area (Å²) >= 11 is 0. The number of nitrogens with zero attached hydrogens (tertiary/aromatic N) is 1. The van der Waals surface area contributed by atoms with Crippen molar-refractivity contribution in [3.8, 4) is 11.5 Å². The monoisotopic (exact) mass is 281 g/mol. The van der Waals surface area contributed by atoms with E-state index in [2.05, 4.69) is 10.5 Å². The second-order valence-electron chi connectivity index (χ2n) is 3.74. The number of hydrazone groups is 1. The number of methoxy groups -OCH3 is 1. The number of nitrogens with one attached hydrogen (secondary N) is 1. The van der Waals surface area contributed by atoms with Crippen molar-refractivity contribution in [2.45, 2.75) is 13.0 Å². The first-order chi connectivity index (χ1) is 9.43. The van der Waals surface area contributed by atoms with Crippen LogP contribution in [-0.2, 0) is 4.79 Å². The minimum Gasteiger partial charge on any atom is -0.493 e. The predicted molar refractivity (Wildman–Crippen MR) is 71.0 cm³/mol. The van der Waals surface area contributed by atoms with Crippen molar-refractivity contribution in [3.63, 3.8) is 0 Å². The third-order valence-corrected chi connectivity index (χ3v) is 2.23. The summed E-state index contributed by atoms with van der Waals surface area (Å²) in [7, 11) is 1.43. The largest absolute Gasteiger partial charge is 0.493 e. The van der Waals surface area contributed by atoms with Crippen LogP contribution in [0.5, 0.6) is 11.5 Å². The van der Waals surface area contributed by atoms with Gasteiger partial charge in [-0.15, -0.1) is 0 Å². The molecule has 0 unspecified atom stereocenters. The summed E-state index contributed by atoms with van der Waals surface area (Å²) in [5, 5.41) is 12.4. The molecule has 8 nitrogen and oxygen atoms in total. The third-order valence-electron chi connectivity index (χ3n) is 2.23. The van der Waals surface area contributed by atoms with Gasteiger partial charge in [0.2, 0.25) is 0 Å². The van der Waals surface area contributed by atoms with Crippen LogP contribution in [0.1, 0.15) is 12.5 Å². The Bertz CT molecular complexity index is 530. The van der Waals surface area contributed by atoms with Crippen LogP contribution in [-0.4, -0.2) is 36.5 Å². The van der Waals surface area contributed by atoms with Crippen molar-refractivity contribution in [2.24, 2.45) is 10.8 Å². The molecule has 1 atom stereocenters. The normalized spacial score (nSPS) is 11.9. The lowest BCUT2D eigenvalue weighted by Gasteiger charge is -2.13. The van der Waals surface area contributed by atoms with Crippen LogP contribution < -0.4 is 20.6 Å². The number of urea groups is 1. The van der Waals surface area contributed by atoms with E-state index in [9.17, 15) is 9.59 Å². The van der Waals surface area contributed by atoms with Gasteiger partial charge in [0.15, 0.2) is 17.6 Å². The van der Waals surface area contributed by atoms with Crippen molar-refractivity contribution in [1.29, 1.82) is 0 Å². The summed E-state index contributed by atoms with van der Waals surface area (Å²) in [5.41, 5.74) is 7.52. The molecule has 20 heavy (non-hydrogen) atoms. The van der Waals surface area contributed by atoms with Gasteiger partial charge in [-0.25, -0.2) is 15.0 Å². The molecular formula is C12H15N3O5. The number of carboxylic acids is 1. The Kier molecular flexibility index (Phi) is 5.33. The van der Waals surface area contributed by atoms with Crippen molar-refractivity contribution in [3.05, 3.63) is 23.8 Å². The first-order valence-electron chi connectivity index (χ1n) is 5.60. The summed E-state index contributed by atoms with van der Waals surface area (Å²) in [5.74, 6) is -0.438. The Balaban J connectivity index is 2.87. The highest BCUT2D eigenvalue weighted by atomic mass is 16.5. The Morgan fingerprint density at radius 1 is 1.45 bits per heavy atom. The predicted octanol–water partition coefficient (Wildman–Crippen LogP) is 0.549. The smallest absolute Gasteiger partial charge is 0.344 e. The summed E-state index contributed by atoms with van der Waals surface area (Å²) in [6.07, 6.45) is 0.359. The third kappa shape index (κ3) is 4.48. The topological polar surface area (TPSA) is 123 Å². The molecule has 108 valence electrons. The number of ether oxygens (including phenoxy) is 2. The van der Waals surface area contributed by atoms with Gasteiger partial charge in [-0.1, -0.05) is 0 Å². The minimum atomic E-state index is -1.08. The number of benzene rings is 1. The summed E-state index contributed by atoms with van der Waals surface area (Å²) in [4.78, 5) is 21.2. The molecule has 0 fully saturated rings. The fourth-order valence-corrected chi connectivity index (χ4v) is 1.27. The number of rotatable bonds is 6. The van der Waals surface area contributed by atoms with Crippen LogP contribution in [0.25, 0.3) is 0 Å². The zero-order valence-electron chi connectivity index (χ0n) is 11.0. The Morgan fingerprint density at radius 3 is 2.70 bits per heavy atom. The van der Waals surface area contributed by atoms with E-state index in [0.717, 1.165) is 0 Å². The fraction of sp³-hybridized carbons (Fsp3) is 0.250. The van der Waals surface area contributed by atoms with Crippen LogP contribution in [0.4, 0.5) is 4.79 Å². The molecule has 0 spiro atoms. The number of primary amides is 1. The zero-order chi connectivity index (χ0) is 15.1. The maximum Gasteiger partial charge on any atom is 0.344 e. The molecule has 0 aromatic heterocycles. The maximum absolute atomic E-state index is 10.7. The molecule has 0 aliphatic rings. The van der Waals surface area contributed by atoms with Crippen molar-refractivity contribution in [2.75, 3.05) is 7.11 Å². The summed E-state index contributed by atoms with van der Waals surface area (Å²) in [6, 6.07) is 3.97. The molecule has 0 aliphatic heterocycles. The lowest BCUT2D eigenvalue weighted by Crippen LogP contribution is -2.24. The fourth-order valence-electron chi connectivity index (χ4n) is 1.27. The van der Waals surface area contributed by atoms with Gasteiger partial charge in [0.05, 0.1) is 13.3 Å². The highest BCUT2D eigenvalue weighted by molar-refractivity contribution is 5.82. The molecule has 0 heterocycles. The van der Waals surface area contributed by atoms with Crippen LogP contribution in [0.15, 0.2) is 23.3 Å². The second kappa shape index (κ2) is 6.98. The van der Waals surface area contributed by atoms with Crippen molar-refractivity contribution >= 4 is 18.2 Å². The highest BCUT2D eigenvalue weighted by Crippen LogP contribution is 2.28. The number of amides is 2. The Labute approximate surface area is 115 Å². The van der Waals surface area contributed by atoms with E-state index >= 15 is 0 Å². The van der Waals surface area contributed by atoms with E-state index in [1.54, 1.807) is 18.2 Å². The highest BCUT2D eigenvalue weighted by Gasteiger charge is 2.15. The molecule has 0 saturated heterocycles. The van der Waals surface area contributed by atoms with Gasteiger partial charge < -0.3 is 20.3 Å². The van der Waals surface area contributed by atoms with Gasteiger partial charge in [0.25, 0.3) is 0 Å². The van der Waals surface area contributed by atoms with Crippen LogP contribution in [0.3, 0.4) is 0 Å². The molecular weight excluding hydrogens is 266 g/mol. The first kappa shape index (κ1) is 15.3. The number of carbonyl (C=O) groups excluding carboxylic acids is 1. The lowest BCUT2D eigenvalue weighted by molar-refractivity contribution is -0.144. The summed E-state index contributed by atoms with van der Waals surface area (Å²) < 4.78 is 10.3. The molecule has 1 aromatic carbocycles. The first-order valence-corrected chi connectivity index (χ1v) is 5.60. The van der Waals surface area contributed by atoms with Gasteiger partial charge in [-0.3, -0.25) is 0 Å². The van der Waals surface area contributed by atoms with Crippen LogP contribution in [0.2, 0.25) is 0 Å². The minimum absolute atomic E-state index is 0.294. The molecule has 1 aromatic rings. The van der Waals surface area contributed by atoms with E-state index in [4.69, 9.17) is 20.3 Å². The quantitative estimate of drug-likeness (QED) is 0.519. The van der Waals surface area contributed by atoms with E-state index in [0.29, 0.717) is 17.1 Å². The number of carbonyl (C=O) groups is 2. The average molecular weight is 281 g/mol. The van der Waals surface area contributed by atoms with Gasteiger partial charge in [-0.2, -0.15) is 5.10 Å². The van der Waals surface area contributed by atoms with E-state index in [-0.39, 0.29) is 0 Å². The standard InChI is InChI=1S/C12H15N3O5/c1-7(11(16)17)20-9-4-3-8(5-10(9)19-2)6-14-15-12(13)18/h3-7H,1-2H3,(H,16,17)(H3,13,15,18)/b14-6-/t7-/m0/s1. The van der Waals surface area contributed by atoms with Gasteiger partial charge in [-0.05, 0) is 30.7 Å². The Morgan fingerprint density at radius 2 is 2.15 bits per heavy atom. The second-order valence-corrected chi connectivity index (χ2v) is 3.74.